The molecule has 2 rings (SSSR count). The molecule has 4 nitrogen and oxygen atoms in total. The van der Waals surface area contributed by atoms with E-state index in [4.69, 9.17) is 11.6 Å². The molecule has 0 aliphatic rings. The van der Waals surface area contributed by atoms with Gasteiger partial charge in [-0.05, 0) is 0 Å². The quantitative estimate of drug-likeness (QED) is 0.784. The van der Waals surface area contributed by atoms with Gasteiger partial charge in [0.15, 0.2) is 10.1 Å². The Morgan fingerprint density at radius 2 is 2.00 bits per heavy atom. The Balaban J connectivity index is 2.78. The molecule has 0 fully saturated rings. The van der Waals surface area contributed by atoms with Gasteiger partial charge in [-0.2, -0.15) is 13.2 Å². The lowest BCUT2D eigenvalue weighted by Crippen LogP contribution is -2.18. The van der Waals surface area contributed by atoms with Crippen LogP contribution >= 0.6 is 22.9 Å². The third-order valence-electron chi connectivity index (χ3n) is 1.51. The molecule has 2 aromatic rings. The van der Waals surface area contributed by atoms with Crippen molar-refractivity contribution in [1.29, 1.82) is 0 Å². The van der Waals surface area contributed by atoms with Crippen molar-refractivity contribution in [3.63, 3.8) is 0 Å². The number of aromatic nitrogens is 3. The molecule has 15 heavy (non-hydrogen) atoms. The van der Waals surface area contributed by atoms with Crippen molar-refractivity contribution in [1.82, 2.24) is 15.0 Å². The molecule has 9 heteroatoms. The number of aromatic amines is 1. The molecule has 0 spiro atoms. The van der Waals surface area contributed by atoms with E-state index < -0.39 is 17.6 Å². The summed E-state index contributed by atoms with van der Waals surface area (Å²) in [7, 11) is 0. The van der Waals surface area contributed by atoms with Gasteiger partial charge in [0.05, 0.1) is 0 Å². The summed E-state index contributed by atoms with van der Waals surface area (Å²) in [6.45, 7) is 0. The number of H-pyrrole nitrogens is 1. The number of nitrogens with one attached hydrogen (secondary N) is 1. The van der Waals surface area contributed by atoms with E-state index in [2.05, 4.69) is 9.97 Å². The lowest BCUT2D eigenvalue weighted by atomic mass is 10.5. The largest absolute Gasteiger partial charge is 0.449 e. The fourth-order valence-corrected chi connectivity index (χ4v) is 1.88. The van der Waals surface area contributed by atoms with Gasteiger partial charge in [0, 0.05) is 0 Å². The number of hydrogen-bond donors (Lipinski definition) is 1. The average Bonchev–Trinajstić information content (AvgIpc) is 2.44. The molecule has 0 radical (unpaired) electrons. The predicted octanol–water partition coefficient (Wildman–Crippen LogP) is 2.05. The monoisotopic (exact) mass is 255 g/mol. The van der Waals surface area contributed by atoms with Crippen LogP contribution in [0.3, 0.4) is 0 Å². The SMILES string of the molecule is O=c1[nH]c(C(F)(F)F)nc2nc(Cl)sc12. The van der Waals surface area contributed by atoms with E-state index in [1.165, 1.54) is 0 Å². The van der Waals surface area contributed by atoms with E-state index in [0.29, 0.717) is 0 Å². The van der Waals surface area contributed by atoms with Crippen LogP contribution in [-0.2, 0) is 6.18 Å². The second-order valence-electron chi connectivity index (χ2n) is 2.53. The molecule has 0 amide bonds. The average molecular weight is 256 g/mol. The second kappa shape index (κ2) is 3.17. The first-order valence-electron chi connectivity index (χ1n) is 3.51. The summed E-state index contributed by atoms with van der Waals surface area (Å²) >= 11 is 6.23. The van der Waals surface area contributed by atoms with E-state index in [0.717, 1.165) is 11.3 Å². The summed E-state index contributed by atoms with van der Waals surface area (Å²) in [4.78, 5) is 19.5. The molecule has 0 saturated carbocycles. The first-order valence-corrected chi connectivity index (χ1v) is 4.71. The Bertz CT molecular complexity index is 575. The van der Waals surface area contributed by atoms with Gasteiger partial charge in [-0.15, -0.1) is 0 Å². The first kappa shape index (κ1) is 10.4. The zero-order chi connectivity index (χ0) is 11.2. The van der Waals surface area contributed by atoms with Gasteiger partial charge in [0.2, 0.25) is 5.82 Å². The zero-order valence-corrected chi connectivity index (χ0v) is 8.30. The Labute approximate surface area is 88.7 Å². The summed E-state index contributed by atoms with van der Waals surface area (Å²) < 4.78 is 36.6. The van der Waals surface area contributed by atoms with E-state index in [1.807, 2.05) is 0 Å². The molecule has 0 aliphatic carbocycles. The molecule has 0 saturated heterocycles. The van der Waals surface area contributed by atoms with Gasteiger partial charge in [-0.3, -0.25) is 4.79 Å². The molecule has 80 valence electrons. The number of alkyl halides is 3. The van der Waals surface area contributed by atoms with Crippen molar-refractivity contribution in [3.8, 4) is 0 Å². The third kappa shape index (κ3) is 1.82. The van der Waals surface area contributed by atoms with Crippen molar-refractivity contribution in [2.45, 2.75) is 6.18 Å². The van der Waals surface area contributed by atoms with Crippen molar-refractivity contribution in [3.05, 3.63) is 20.6 Å². The maximum absolute atomic E-state index is 12.2. The summed E-state index contributed by atoms with van der Waals surface area (Å²) in [5, 5.41) is 0. The molecule has 0 atom stereocenters. The van der Waals surface area contributed by atoms with Crippen LogP contribution in [0, 0.1) is 0 Å². The summed E-state index contributed by atoms with van der Waals surface area (Å²) in [6.07, 6.45) is -4.70. The highest BCUT2D eigenvalue weighted by atomic mass is 35.5. The Morgan fingerprint density at radius 1 is 1.33 bits per heavy atom. The van der Waals surface area contributed by atoms with Crippen LogP contribution < -0.4 is 5.56 Å². The highest BCUT2D eigenvalue weighted by Crippen LogP contribution is 2.27. The lowest BCUT2D eigenvalue weighted by Gasteiger charge is -2.03. The van der Waals surface area contributed by atoms with Crippen LogP contribution in [0.1, 0.15) is 5.82 Å². The molecular weight excluding hydrogens is 255 g/mol. The fraction of sp³-hybridized carbons (Fsp3) is 0.167. The van der Waals surface area contributed by atoms with Gasteiger partial charge in [-0.1, -0.05) is 22.9 Å². The van der Waals surface area contributed by atoms with Crippen LogP contribution in [0.15, 0.2) is 4.79 Å². The zero-order valence-electron chi connectivity index (χ0n) is 6.72. The fourth-order valence-electron chi connectivity index (χ4n) is 0.943. The van der Waals surface area contributed by atoms with E-state index >= 15 is 0 Å². The summed E-state index contributed by atoms with van der Waals surface area (Å²) in [6, 6.07) is 0. The molecule has 2 aromatic heterocycles. The number of hydrogen-bond acceptors (Lipinski definition) is 4. The highest BCUT2D eigenvalue weighted by molar-refractivity contribution is 7.21. The van der Waals surface area contributed by atoms with Gasteiger partial charge >= 0.3 is 6.18 Å². The second-order valence-corrected chi connectivity index (χ2v) is 4.11. The predicted molar refractivity (Wildman–Crippen MR) is 48.0 cm³/mol. The van der Waals surface area contributed by atoms with Crippen LogP contribution in [-0.4, -0.2) is 15.0 Å². The van der Waals surface area contributed by atoms with Gasteiger partial charge < -0.3 is 4.98 Å². The summed E-state index contributed by atoms with van der Waals surface area (Å²) in [5.74, 6) is -1.37. The minimum atomic E-state index is -4.70. The van der Waals surface area contributed by atoms with Crippen molar-refractivity contribution in [2.75, 3.05) is 0 Å². The minimum Gasteiger partial charge on any atom is -0.302 e. The molecule has 2 heterocycles. The summed E-state index contributed by atoms with van der Waals surface area (Å²) in [5.41, 5.74) is -1.18. The highest BCUT2D eigenvalue weighted by Gasteiger charge is 2.34. The minimum absolute atomic E-state index is 0.0204. The van der Waals surface area contributed by atoms with Crippen LogP contribution in [0.2, 0.25) is 4.47 Å². The lowest BCUT2D eigenvalue weighted by molar-refractivity contribution is -0.144. The van der Waals surface area contributed by atoms with Gasteiger partial charge in [-0.25, -0.2) is 9.97 Å². The van der Waals surface area contributed by atoms with Crippen molar-refractivity contribution < 1.29 is 13.2 Å². The Hall–Kier alpha value is -1.15. The number of rotatable bonds is 0. The van der Waals surface area contributed by atoms with E-state index in [1.54, 1.807) is 4.98 Å². The smallest absolute Gasteiger partial charge is 0.302 e. The van der Waals surface area contributed by atoms with E-state index in [9.17, 15) is 18.0 Å². The molecule has 0 bridgehead atoms. The van der Waals surface area contributed by atoms with Crippen LogP contribution in [0.25, 0.3) is 10.3 Å². The third-order valence-corrected chi connectivity index (χ3v) is 2.66. The topological polar surface area (TPSA) is 58.6 Å². The normalized spacial score (nSPS) is 12.3. The maximum Gasteiger partial charge on any atom is 0.449 e. The molecule has 0 aromatic carbocycles. The number of halogens is 4. The number of nitrogens with zero attached hydrogens (tertiary/aromatic N) is 2. The Kier molecular flexibility index (Phi) is 2.19. The van der Waals surface area contributed by atoms with Crippen LogP contribution in [0.4, 0.5) is 13.2 Å². The van der Waals surface area contributed by atoms with Crippen LogP contribution in [0.5, 0.6) is 0 Å². The molecular formula is C6HClF3N3OS. The van der Waals surface area contributed by atoms with Gasteiger partial charge in [0.1, 0.15) is 4.70 Å². The molecule has 1 N–H and O–H groups in total. The number of fused-ring (bicyclic) bond motifs is 1. The Morgan fingerprint density at radius 3 is 2.60 bits per heavy atom. The van der Waals surface area contributed by atoms with Crippen molar-refractivity contribution >= 4 is 33.3 Å². The maximum atomic E-state index is 12.2. The number of thiazole rings is 1. The van der Waals surface area contributed by atoms with E-state index in [-0.39, 0.29) is 14.8 Å². The molecule has 0 aliphatic heterocycles. The van der Waals surface area contributed by atoms with Crippen molar-refractivity contribution in [2.24, 2.45) is 0 Å². The van der Waals surface area contributed by atoms with Gasteiger partial charge in [0.25, 0.3) is 5.56 Å². The molecule has 0 unspecified atom stereocenters. The first-order chi connectivity index (χ1) is 6.88. The standard InChI is InChI=1S/C6HClF3N3OS/c7-5-12-2-1(15-5)3(14)13-4(11-2)6(8,9)10/h(H,11,13,14).